The normalized spacial score (nSPS) is 34.8. The molecule has 0 fully saturated rings. The van der Waals surface area contributed by atoms with Crippen LogP contribution in [0.4, 0.5) is 0 Å². The monoisotopic (exact) mass is 384 g/mol. The minimum atomic E-state index is -0.289. The summed E-state index contributed by atoms with van der Waals surface area (Å²) in [5.74, 6) is 0.965. The summed E-state index contributed by atoms with van der Waals surface area (Å²) >= 11 is 5.99. The van der Waals surface area contributed by atoms with E-state index in [4.69, 9.17) is 22.3 Å². The fourth-order valence-corrected chi connectivity index (χ4v) is 4.39. The average molecular weight is 385 g/mol. The van der Waals surface area contributed by atoms with Crippen molar-refractivity contribution in [2.75, 3.05) is 13.1 Å². The molecule has 4 atom stereocenters. The van der Waals surface area contributed by atoms with Gasteiger partial charge in [-0.1, -0.05) is 30.4 Å². The molecule has 4 rings (SSSR count). The maximum atomic E-state index is 12.6. The number of hydrogen-bond acceptors (Lipinski definition) is 5. The number of carbonyl (C=O) groups excluding carboxylic acids is 1. The minimum Gasteiger partial charge on any atom is -0.386 e. The Morgan fingerprint density at radius 3 is 3.00 bits per heavy atom. The Morgan fingerprint density at radius 1 is 1.37 bits per heavy atom. The zero-order valence-corrected chi connectivity index (χ0v) is 16.3. The van der Waals surface area contributed by atoms with E-state index in [9.17, 15) is 4.79 Å². The number of ketones is 1. The van der Waals surface area contributed by atoms with Gasteiger partial charge in [-0.05, 0) is 37.6 Å². The van der Waals surface area contributed by atoms with Gasteiger partial charge in [-0.15, -0.1) is 11.6 Å². The van der Waals surface area contributed by atoms with Gasteiger partial charge in [0.05, 0.1) is 23.5 Å². The molecule has 4 aliphatic rings. The quantitative estimate of drug-likeness (QED) is 0.757. The SMILES string of the molecule is C[C@]1([C@H]2C=C(CC(=O)C3=NCC(Cl)C=C3)C=CC2)CN2C=CC[C@@H]2C(N)=N1. The first kappa shape index (κ1) is 18.2. The fourth-order valence-electron chi connectivity index (χ4n) is 4.24. The number of aliphatic imine (C=N–C) groups is 2. The number of fused-ring (bicyclic) bond motifs is 1. The Hall–Kier alpha value is -2.14. The number of hydrogen-bond donors (Lipinski definition) is 1. The smallest absolute Gasteiger partial charge is 0.185 e. The summed E-state index contributed by atoms with van der Waals surface area (Å²) in [6.45, 7) is 3.47. The van der Waals surface area contributed by atoms with Crippen molar-refractivity contribution < 1.29 is 4.79 Å². The van der Waals surface area contributed by atoms with E-state index in [1.165, 1.54) is 0 Å². The van der Waals surface area contributed by atoms with Crippen LogP contribution < -0.4 is 5.73 Å². The maximum Gasteiger partial charge on any atom is 0.185 e. The summed E-state index contributed by atoms with van der Waals surface area (Å²) in [5.41, 5.74) is 7.51. The van der Waals surface area contributed by atoms with E-state index < -0.39 is 0 Å². The summed E-state index contributed by atoms with van der Waals surface area (Å²) in [6.07, 6.45) is 16.4. The van der Waals surface area contributed by atoms with Crippen LogP contribution >= 0.6 is 11.6 Å². The molecule has 0 saturated heterocycles. The lowest BCUT2D eigenvalue weighted by atomic mass is 9.78. The number of alkyl halides is 1. The van der Waals surface area contributed by atoms with E-state index in [1.807, 2.05) is 12.2 Å². The molecular weight excluding hydrogens is 360 g/mol. The van der Waals surface area contributed by atoms with Gasteiger partial charge in [-0.3, -0.25) is 14.8 Å². The Morgan fingerprint density at radius 2 is 2.22 bits per heavy atom. The number of carbonyl (C=O) groups is 1. The molecule has 3 aliphatic heterocycles. The molecule has 27 heavy (non-hydrogen) atoms. The number of dihydropyridines is 1. The minimum absolute atomic E-state index is 0.0331. The van der Waals surface area contributed by atoms with Crippen LogP contribution in [0.15, 0.2) is 58.2 Å². The summed E-state index contributed by atoms with van der Waals surface area (Å²) in [7, 11) is 0. The maximum absolute atomic E-state index is 12.6. The van der Waals surface area contributed by atoms with E-state index in [2.05, 4.69) is 41.2 Å². The second-order valence-corrected chi connectivity index (χ2v) is 8.45. The van der Waals surface area contributed by atoms with E-state index in [-0.39, 0.29) is 28.7 Å². The molecule has 0 spiro atoms. The Labute approximate surface area is 165 Å². The highest BCUT2D eigenvalue weighted by Gasteiger charge is 2.41. The zero-order chi connectivity index (χ0) is 19.0. The van der Waals surface area contributed by atoms with E-state index in [0.717, 1.165) is 25.0 Å². The van der Waals surface area contributed by atoms with Crippen molar-refractivity contribution in [3.8, 4) is 0 Å². The summed E-state index contributed by atoms with van der Waals surface area (Å²) in [4.78, 5) is 24.0. The van der Waals surface area contributed by atoms with Gasteiger partial charge in [0, 0.05) is 18.9 Å². The van der Waals surface area contributed by atoms with Crippen LogP contribution in [0.5, 0.6) is 0 Å². The number of rotatable bonds is 4. The van der Waals surface area contributed by atoms with Crippen LogP contribution in [-0.4, -0.2) is 52.3 Å². The van der Waals surface area contributed by atoms with Gasteiger partial charge < -0.3 is 10.6 Å². The Balaban J connectivity index is 1.50. The molecule has 3 heterocycles. The largest absolute Gasteiger partial charge is 0.386 e. The zero-order valence-electron chi connectivity index (χ0n) is 15.5. The molecule has 5 nitrogen and oxygen atoms in total. The number of nitrogens with zero attached hydrogens (tertiary/aromatic N) is 3. The molecule has 0 aromatic rings. The Bertz CT molecular complexity index is 822. The molecular formula is C21H25ClN4O. The summed E-state index contributed by atoms with van der Waals surface area (Å²) in [5, 5.41) is -0.113. The van der Waals surface area contributed by atoms with Crippen LogP contribution in [0, 0.1) is 5.92 Å². The molecule has 0 radical (unpaired) electrons. The van der Waals surface area contributed by atoms with Gasteiger partial charge in [-0.25, -0.2) is 0 Å². The predicted octanol–water partition coefficient (Wildman–Crippen LogP) is 2.78. The van der Waals surface area contributed by atoms with Crippen molar-refractivity contribution in [3.05, 3.63) is 48.2 Å². The third-order valence-electron chi connectivity index (χ3n) is 5.77. The van der Waals surface area contributed by atoms with Gasteiger partial charge in [0.25, 0.3) is 0 Å². The molecule has 2 N–H and O–H groups in total. The van der Waals surface area contributed by atoms with E-state index in [1.54, 1.807) is 6.08 Å². The van der Waals surface area contributed by atoms with Gasteiger partial charge in [0.2, 0.25) is 0 Å². The number of allylic oxidation sites excluding steroid dienone is 4. The summed E-state index contributed by atoms with van der Waals surface area (Å²) in [6, 6.07) is 0.212. The molecule has 0 saturated carbocycles. The van der Waals surface area contributed by atoms with Crippen molar-refractivity contribution in [3.63, 3.8) is 0 Å². The van der Waals surface area contributed by atoms with Gasteiger partial charge in [-0.2, -0.15) is 0 Å². The third kappa shape index (κ3) is 3.65. The Kier molecular flexibility index (Phi) is 4.81. The molecule has 1 aliphatic carbocycles. The standard InChI is InChI=1S/C21H25ClN4O/c1-21(13-26-9-3-6-18(26)20(23)25-21)15-5-2-4-14(10-15)11-19(27)17-8-7-16(22)12-24-17/h2-4,7-10,15-16,18H,5-6,11-13H2,1H3,(H2,23,25)/t15-,16?,18-,21-/m1/s1. The molecule has 6 heteroatoms. The number of halogens is 1. The molecule has 0 amide bonds. The van der Waals surface area contributed by atoms with Crippen LogP contribution in [0.1, 0.15) is 26.2 Å². The van der Waals surface area contributed by atoms with Crippen molar-refractivity contribution in [2.24, 2.45) is 21.6 Å². The number of amidine groups is 1. The summed E-state index contributed by atoms with van der Waals surface area (Å²) < 4.78 is 0. The first-order chi connectivity index (χ1) is 12.9. The van der Waals surface area contributed by atoms with Crippen LogP contribution in [0.25, 0.3) is 0 Å². The van der Waals surface area contributed by atoms with Crippen LogP contribution in [0.2, 0.25) is 0 Å². The topological polar surface area (TPSA) is 71.0 Å². The van der Waals surface area contributed by atoms with Crippen LogP contribution in [-0.2, 0) is 4.79 Å². The molecule has 0 bridgehead atoms. The first-order valence-corrected chi connectivity index (χ1v) is 9.93. The fraction of sp³-hybridized carbons (Fsp3) is 0.476. The van der Waals surface area contributed by atoms with Gasteiger partial charge >= 0.3 is 0 Å². The number of nitrogens with two attached hydrogens (primary N) is 1. The lowest BCUT2D eigenvalue weighted by molar-refractivity contribution is -0.112. The molecule has 142 valence electrons. The second-order valence-electron chi connectivity index (χ2n) is 7.89. The second kappa shape index (κ2) is 7.12. The highest BCUT2D eigenvalue weighted by molar-refractivity contribution is 6.45. The predicted molar refractivity (Wildman–Crippen MR) is 110 cm³/mol. The van der Waals surface area contributed by atoms with Crippen molar-refractivity contribution in [1.82, 2.24) is 4.90 Å². The van der Waals surface area contributed by atoms with Gasteiger partial charge in [0.1, 0.15) is 11.5 Å². The van der Waals surface area contributed by atoms with Crippen molar-refractivity contribution in [1.29, 1.82) is 0 Å². The van der Waals surface area contributed by atoms with E-state index in [0.29, 0.717) is 24.5 Å². The third-order valence-corrected chi connectivity index (χ3v) is 6.05. The lowest BCUT2D eigenvalue weighted by Gasteiger charge is -2.43. The van der Waals surface area contributed by atoms with E-state index >= 15 is 0 Å². The number of Topliss-reactive ketones (excluding diaryl/α,β-unsaturated/α-hetero) is 1. The lowest BCUT2D eigenvalue weighted by Crippen LogP contribution is -2.54. The molecule has 0 aromatic carbocycles. The first-order valence-electron chi connectivity index (χ1n) is 9.49. The van der Waals surface area contributed by atoms with Crippen molar-refractivity contribution in [2.45, 2.75) is 43.1 Å². The van der Waals surface area contributed by atoms with Crippen molar-refractivity contribution >= 4 is 28.9 Å². The molecule has 1 unspecified atom stereocenters. The van der Waals surface area contributed by atoms with Crippen LogP contribution in [0.3, 0.4) is 0 Å². The highest BCUT2D eigenvalue weighted by Crippen LogP contribution is 2.36. The average Bonchev–Trinajstić information content (AvgIpc) is 3.11. The molecule has 0 aromatic heterocycles. The van der Waals surface area contributed by atoms with Gasteiger partial charge in [0.15, 0.2) is 5.78 Å². The highest BCUT2D eigenvalue weighted by atomic mass is 35.5.